The first kappa shape index (κ1) is 14.3. The number of nitrogens with one attached hydrogen (secondary N) is 1. The van der Waals surface area contributed by atoms with Gasteiger partial charge in [0.25, 0.3) is 0 Å². The van der Waals surface area contributed by atoms with Gasteiger partial charge in [0.2, 0.25) is 0 Å². The summed E-state index contributed by atoms with van der Waals surface area (Å²) in [5.41, 5.74) is 2.48. The monoisotopic (exact) mass is 264 g/mol. The number of aryl methyl sites for hydroxylation is 1. The first-order valence-electron chi connectivity index (χ1n) is 6.93. The zero-order valence-corrected chi connectivity index (χ0v) is 11.9. The molecule has 2 rings (SSSR count). The summed E-state index contributed by atoms with van der Waals surface area (Å²) in [5, 5.41) is 12.5. The summed E-state index contributed by atoms with van der Waals surface area (Å²) in [6.07, 6.45) is 0.835. The van der Waals surface area contributed by atoms with Crippen LogP contribution in [0.4, 0.5) is 0 Å². The van der Waals surface area contributed by atoms with Gasteiger partial charge < -0.3 is 15.2 Å². The lowest BCUT2D eigenvalue weighted by molar-refractivity contribution is 0.123. The Morgan fingerprint density at radius 3 is 3.00 bits per heavy atom. The molecule has 0 bridgehead atoms. The Morgan fingerprint density at radius 2 is 2.32 bits per heavy atom. The number of benzene rings is 1. The van der Waals surface area contributed by atoms with Crippen molar-refractivity contribution in [1.29, 1.82) is 0 Å². The van der Waals surface area contributed by atoms with Crippen molar-refractivity contribution in [3.05, 3.63) is 29.3 Å². The standard InChI is InChI=1S/C15H24N2O2/c1-12-9-13(3-4-15(12)19-2)11-17-7-6-16-10-14(17)5-8-18/h3-4,9,14,16,18H,5-8,10-11H2,1-2H3. The maximum Gasteiger partial charge on any atom is 0.121 e. The van der Waals surface area contributed by atoms with Crippen molar-refractivity contribution in [3.63, 3.8) is 0 Å². The number of nitrogens with zero attached hydrogens (tertiary/aromatic N) is 1. The van der Waals surface area contributed by atoms with Gasteiger partial charge in [-0.3, -0.25) is 4.90 Å². The molecule has 1 aromatic carbocycles. The predicted molar refractivity (Wildman–Crippen MR) is 76.5 cm³/mol. The van der Waals surface area contributed by atoms with E-state index in [9.17, 15) is 0 Å². The van der Waals surface area contributed by atoms with Crippen LogP contribution in [0.2, 0.25) is 0 Å². The van der Waals surface area contributed by atoms with E-state index in [2.05, 4.69) is 29.3 Å². The molecule has 2 N–H and O–H groups in total. The molecule has 4 nitrogen and oxygen atoms in total. The lowest BCUT2D eigenvalue weighted by Gasteiger charge is -2.36. The minimum Gasteiger partial charge on any atom is -0.496 e. The number of hydrogen-bond donors (Lipinski definition) is 2. The molecule has 106 valence electrons. The highest BCUT2D eigenvalue weighted by Gasteiger charge is 2.21. The summed E-state index contributed by atoms with van der Waals surface area (Å²) in [7, 11) is 1.70. The number of aliphatic hydroxyl groups is 1. The Morgan fingerprint density at radius 1 is 1.47 bits per heavy atom. The van der Waals surface area contributed by atoms with Crippen molar-refractivity contribution < 1.29 is 9.84 Å². The van der Waals surface area contributed by atoms with Gasteiger partial charge in [-0.1, -0.05) is 12.1 Å². The van der Waals surface area contributed by atoms with Crippen LogP contribution in [0, 0.1) is 6.92 Å². The average molecular weight is 264 g/mol. The number of piperazine rings is 1. The topological polar surface area (TPSA) is 44.7 Å². The van der Waals surface area contributed by atoms with Gasteiger partial charge >= 0.3 is 0 Å². The summed E-state index contributed by atoms with van der Waals surface area (Å²) < 4.78 is 5.29. The van der Waals surface area contributed by atoms with E-state index in [-0.39, 0.29) is 6.61 Å². The van der Waals surface area contributed by atoms with E-state index in [0.717, 1.165) is 38.3 Å². The minimum absolute atomic E-state index is 0.254. The SMILES string of the molecule is COc1ccc(CN2CCNCC2CCO)cc1C. The second-order valence-electron chi connectivity index (χ2n) is 5.14. The largest absolute Gasteiger partial charge is 0.496 e. The average Bonchev–Trinajstić information content (AvgIpc) is 2.41. The van der Waals surface area contributed by atoms with Gasteiger partial charge in [0.1, 0.15) is 5.75 Å². The highest BCUT2D eigenvalue weighted by molar-refractivity contribution is 5.36. The van der Waals surface area contributed by atoms with Gasteiger partial charge in [-0.2, -0.15) is 0 Å². The molecule has 1 aromatic rings. The zero-order chi connectivity index (χ0) is 13.7. The lowest BCUT2D eigenvalue weighted by Crippen LogP contribution is -2.51. The molecule has 4 heteroatoms. The van der Waals surface area contributed by atoms with Crippen molar-refractivity contribution in [1.82, 2.24) is 10.2 Å². The molecule has 0 spiro atoms. The minimum atomic E-state index is 0.254. The molecule has 1 fully saturated rings. The maximum absolute atomic E-state index is 9.14. The smallest absolute Gasteiger partial charge is 0.121 e. The normalized spacial score (nSPS) is 20.5. The van der Waals surface area contributed by atoms with Crippen LogP contribution < -0.4 is 10.1 Å². The molecule has 1 saturated heterocycles. The molecule has 1 heterocycles. The summed E-state index contributed by atoms with van der Waals surface area (Å²) in [5.74, 6) is 0.941. The third kappa shape index (κ3) is 3.69. The molecule has 1 atom stereocenters. The van der Waals surface area contributed by atoms with Gasteiger partial charge in [-0.25, -0.2) is 0 Å². The first-order chi connectivity index (χ1) is 9.24. The van der Waals surface area contributed by atoms with Crippen LogP contribution >= 0.6 is 0 Å². The van der Waals surface area contributed by atoms with Crippen molar-refractivity contribution in [2.45, 2.75) is 25.9 Å². The Balaban J connectivity index is 2.04. The fourth-order valence-electron chi connectivity index (χ4n) is 2.72. The van der Waals surface area contributed by atoms with Gasteiger partial charge in [0.15, 0.2) is 0 Å². The van der Waals surface area contributed by atoms with Gasteiger partial charge in [-0.15, -0.1) is 0 Å². The lowest BCUT2D eigenvalue weighted by atomic mass is 10.1. The van der Waals surface area contributed by atoms with E-state index in [1.54, 1.807) is 7.11 Å². The molecule has 0 radical (unpaired) electrons. The first-order valence-corrected chi connectivity index (χ1v) is 6.93. The number of ether oxygens (including phenoxy) is 1. The quantitative estimate of drug-likeness (QED) is 0.838. The van der Waals surface area contributed by atoms with Gasteiger partial charge in [0, 0.05) is 38.8 Å². The van der Waals surface area contributed by atoms with Crippen LogP contribution in [0.3, 0.4) is 0 Å². The van der Waals surface area contributed by atoms with Crippen molar-refractivity contribution in [3.8, 4) is 5.75 Å². The van der Waals surface area contributed by atoms with E-state index in [1.165, 1.54) is 11.1 Å². The van der Waals surface area contributed by atoms with Crippen LogP contribution in [0.15, 0.2) is 18.2 Å². The van der Waals surface area contributed by atoms with Crippen LogP contribution in [0.5, 0.6) is 5.75 Å². The number of aliphatic hydroxyl groups excluding tert-OH is 1. The third-order valence-corrected chi connectivity index (χ3v) is 3.78. The summed E-state index contributed by atoms with van der Waals surface area (Å²) in [6.45, 7) is 6.30. The Labute approximate surface area is 115 Å². The van der Waals surface area contributed by atoms with Crippen LogP contribution in [0.1, 0.15) is 17.5 Å². The summed E-state index contributed by atoms with van der Waals surface area (Å²) >= 11 is 0. The molecule has 1 aliphatic heterocycles. The van der Waals surface area contributed by atoms with Crippen molar-refractivity contribution in [2.75, 3.05) is 33.4 Å². The van der Waals surface area contributed by atoms with Gasteiger partial charge in [-0.05, 0) is 30.5 Å². The molecule has 1 unspecified atom stereocenters. The molecular weight excluding hydrogens is 240 g/mol. The maximum atomic E-state index is 9.14. The number of rotatable bonds is 5. The van der Waals surface area contributed by atoms with E-state index >= 15 is 0 Å². The van der Waals surface area contributed by atoms with E-state index in [0.29, 0.717) is 6.04 Å². The van der Waals surface area contributed by atoms with Crippen molar-refractivity contribution >= 4 is 0 Å². The predicted octanol–water partition coefficient (Wildman–Crippen LogP) is 1.16. The van der Waals surface area contributed by atoms with E-state index in [4.69, 9.17) is 9.84 Å². The van der Waals surface area contributed by atoms with Crippen LogP contribution in [-0.4, -0.2) is 49.4 Å². The molecule has 0 aliphatic carbocycles. The number of hydrogen-bond acceptors (Lipinski definition) is 4. The zero-order valence-electron chi connectivity index (χ0n) is 11.9. The molecule has 0 saturated carbocycles. The van der Waals surface area contributed by atoms with Crippen molar-refractivity contribution in [2.24, 2.45) is 0 Å². The van der Waals surface area contributed by atoms with E-state index in [1.807, 2.05) is 6.07 Å². The molecule has 1 aliphatic rings. The summed E-state index contributed by atoms with van der Waals surface area (Å²) in [6, 6.07) is 6.79. The van der Waals surface area contributed by atoms with Gasteiger partial charge in [0.05, 0.1) is 7.11 Å². The highest BCUT2D eigenvalue weighted by atomic mass is 16.5. The Hall–Kier alpha value is -1.10. The van der Waals surface area contributed by atoms with E-state index < -0.39 is 0 Å². The van der Waals surface area contributed by atoms with Crippen LogP contribution in [-0.2, 0) is 6.54 Å². The summed E-state index contributed by atoms with van der Waals surface area (Å²) in [4.78, 5) is 2.45. The fraction of sp³-hybridized carbons (Fsp3) is 0.600. The third-order valence-electron chi connectivity index (χ3n) is 3.78. The number of methoxy groups -OCH3 is 1. The fourth-order valence-corrected chi connectivity index (χ4v) is 2.72. The molecule has 19 heavy (non-hydrogen) atoms. The second kappa shape index (κ2) is 6.89. The Bertz CT molecular complexity index is 407. The second-order valence-corrected chi connectivity index (χ2v) is 5.14. The molecule has 0 aromatic heterocycles. The highest BCUT2D eigenvalue weighted by Crippen LogP contribution is 2.20. The van der Waals surface area contributed by atoms with Crippen LogP contribution in [0.25, 0.3) is 0 Å². The molecule has 0 amide bonds. The Kier molecular flexibility index (Phi) is 5.19. The molecular formula is C15H24N2O2.